The van der Waals surface area contributed by atoms with Crippen LogP contribution in [0.15, 0.2) is 18.6 Å². The van der Waals surface area contributed by atoms with Crippen molar-refractivity contribution in [1.82, 2.24) is 24.9 Å². The molecule has 104 valence electrons. The summed E-state index contributed by atoms with van der Waals surface area (Å²) >= 11 is 0. The molecule has 2 aromatic rings. The quantitative estimate of drug-likeness (QED) is 0.914. The van der Waals surface area contributed by atoms with Gasteiger partial charge in [-0.05, 0) is 27.7 Å². The second-order valence-corrected chi connectivity index (χ2v) is 6.04. The molecule has 5 nitrogen and oxygen atoms in total. The first-order valence-corrected chi connectivity index (χ1v) is 6.59. The van der Waals surface area contributed by atoms with Gasteiger partial charge >= 0.3 is 0 Å². The summed E-state index contributed by atoms with van der Waals surface area (Å²) in [6.45, 7) is 10.2. The Kier molecular flexibility index (Phi) is 3.75. The third kappa shape index (κ3) is 3.67. The molecule has 0 bridgehead atoms. The SMILES string of the molecule is Cc1c(CNC(C)(C)C)cnn1Cc1cnn(C)c1. The highest BCUT2D eigenvalue weighted by molar-refractivity contribution is 5.18. The zero-order valence-electron chi connectivity index (χ0n) is 12.4. The Labute approximate surface area is 114 Å². The van der Waals surface area contributed by atoms with Crippen LogP contribution in [-0.2, 0) is 20.1 Å². The molecule has 1 N–H and O–H groups in total. The lowest BCUT2D eigenvalue weighted by atomic mass is 10.1. The highest BCUT2D eigenvalue weighted by atomic mass is 15.3. The molecule has 0 saturated carbocycles. The average Bonchev–Trinajstić information content (AvgIpc) is 2.85. The second-order valence-electron chi connectivity index (χ2n) is 6.04. The van der Waals surface area contributed by atoms with E-state index in [-0.39, 0.29) is 5.54 Å². The Morgan fingerprint density at radius 2 is 1.95 bits per heavy atom. The second kappa shape index (κ2) is 5.17. The summed E-state index contributed by atoms with van der Waals surface area (Å²) in [4.78, 5) is 0. The van der Waals surface area contributed by atoms with Crippen molar-refractivity contribution in [2.75, 3.05) is 0 Å². The van der Waals surface area contributed by atoms with Crippen LogP contribution in [0.2, 0.25) is 0 Å². The summed E-state index contributed by atoms with van der Waals surface area (Å²) in [6, 6.07) is 0. The maximum Gasteiger partial charge on any atom is 0.0693 e. The van der Waals surface area contributed by atoms with Gasteiger partial charge < -0.3 is 5.32 Å². The van der Waals surface area contributed by atoms with Crippen molar-refractivity contribution in [3.05, 3.63) is 35.4 Å². The largest absolute Gasteiger partial charge is 0.308 e. The Balaban J connectivity index is 2.05. The van der Waals surface area contributed by atoms with E-state index in [1.165, 1.54) is 16.8 Å². The van der Waals surface area contributed by atoms with Gasteiger partial charge in [-0.3, -0.25) is 9.36 Å². The molecule has 2 aromatic heterocycles. The van der Waals surface area contributed by atoms with Gasteiger partial charge in [0.05, 0.1) is 18.9 Å². The van der Waals surface area contributed by atoms with Gasteiger partial charge in [-0.1, -0.05) is 0 Å². The van der Waals surface area contributed by atoms with Gasteiger partial charge in [0.15, 0.2) is 0 Å². The zero-order valence-corrected chi connectivity index (χ0v) is 12.4. The third-order valence-corrected chi connectivity index (χ3v) is 3.10. The Morgan fingerprint density at radius 1 is 1.21 bits per heavy atom. The molecular formula is C14H23N5. The van der Waals surface area contributed by atoms with Crippen molar-refractivity contribution in [2.24, 2.45) is 7.05 Å². The van der Waals surface area contributed by atoms with Crippen molar-refractivity contribution in [1.29, 1.82) is 0 Å². The molecule has 0 fully saturated rings. The van der Waals surface area contributed by atoms with Crippen LogP contribution < -0.4 is 5.32 Å². The van der Waals surface area contributed by atoms with Gasteiger partial charge in [0, 0.05) is 42.1 Å². The van der Waals surface area contributed by atoms with E-state index in [0.29, 0.717) is 0 Å². The first kappa shape index (κ1) is 13.8. The number of aromatic nitrogens is 4. The summed E-state index contributed by atoms with van der Waals surface area (Å²) in [6.07, 6.45) is 5.85. The van der Waals surface area contributed by atoms with Gasteiger partial charge in [-0.25, -0.2) is 0 Å². The van der Waals surface area contributed by atoms with Crippen molar-refractivity contribution in [3.8, 4) is 0 Å². The summed E-state index contributed by atoms with van der Waals surface area (Å²) in [5, 5.41) is 12.1. The van der Waals surface area contributed by atoms with E-state index in [2.05, 4.69) is 43.2 Å². The van der Waals surface area contributed by atoms with Gasteiger partial charge in [0.25, 0.3) is 0 Å². The fraction of sp³-hybridized carbons (Fsp3) is 0.571. The van der Waals surface area contributed by atoms with Gasteiger partial charge in [0.1, 0.15) is 0 Å². The summed E-state index contributed by atoms with van der Waals surface area (Å²) in [7, 11) is 1.93. The van der Waals surface area contributed by atoms with Crippen LogP contribution in [0.1, 0.15) is 37.6 Å². The smallest absolute Gasteiger partial charge is 0.0693 e. The predicted molar refractivity (Wildman–Crippen MR) is 75.9 cm³/mol. The fourth-order valence-electron chi connectivity index (χ4n) is 1.90. The number of hydrogen-bond acceptors (Lipinski definition) is 3. The van der Waals surface area contributed by atoms with Crippen LogP contribution in [0.3, 0.4) is 0 Å². The maximum absolute atomic E-state index is 4.46. The van der Waals surface area contributed by atoms with Gasteiger partial charge in [-0.15, -0.1) is 0 Å². The Morgan fingerprint density at radius 3 is 2.53 bits per heavy atom. The molecule has 0 radical (unpaired) electrons. The number of rotatable bonds is 4. The molecule has 0 saturated heterocycles. The molecule has 2 heterocycles. The highest BCUT2D eigenvalue weighted by Gasteiger charge is 2.12. The van der Waals surface area contributed by atoms with E-state index in [9.17, 15) is 0 Å². The minimum absolute atomic E-state index is 0.123. The van der Waals surface area contributed by atoms with E-state index in [4.69, 9.17) is 0 Å². The molecule has 2 rings (SSSR count). The molecule has 0 amide bonds. The van der Waals surface area contributed by atoms with Crippen molar-refractivity contribution >= 4 is 0 Å². The highest BCUT2D eigenvalue weighted by Crippen LogP contribution is 2.11. The lowest BCUT2D eigenvalue weighted by Gasteiger charge is -2.20. The standard InChI is InChI=1S/C14H23N5/c1-11-13(7-15-14(2,3)4)8-17-19(11)10-12-6-16-18(5)9-12/h6,8-9,15H,7,10H2,1-5H3. The lowest BCUT2D eigenvalue weighted by Crippen LogP contribution is -2.35. The molecule has 0 spiro atoms. The molecule has 0 aliphatic carbocycles. The van der Waals surface area contributed by atoms with Crippen LogP contribution in [0, 0.1) is 6.92 Å². The van der Waals surface area contributed by atoms with E-state index in [1.807, 2.05) is 35.0 Å². The molecule has 0 aromatic carbocycles. The van der Waals surface area contributed by atoms with Crippen LogP contribution >= 0.6 is 0 Å². The normalized spacial score (nSPS) is 12.1. The molecule has 0 aliphatic rings. The van der Waals surface area contributed by atoms with Gasteiger partial charge in [-0.2, -0.15) is 10.2 Å². The minimum atomic E-state index is 0.123. The number of nitrogens with one attached hydrogen (secondary N) is 1. The number of hydrogen-bond donors (Lipinski definition) is 1. The Bertz CT molecular complexity index is 544. The number of nitrogens with zero attached hydrogens (tertiary/aromatic N) is 4. The monoisotopic (exact) mass is 261 g/mol. The fourth-order valence-corrected chi connectivity index (χ4v) is 1.90. The van der Waals surface area contributed by atoms with Crippen LogP contribution in [0.4, 0.5) is 0 Å². The molecular weight excluding hydrogens is 238 g/mol. The van der Waals surface area contributed by atoms with E-state index in [0.717, 1.165) is 13.1 Å². The molecule has 19 heavy (non-hydrogen) atoms. The molecule has 0 atom stereocenters. The molecule has 5 heteroatoms. The predicted octanol–water partition coefficient (Wildman–Crippen LogP) is 1.86. The topological polar surface area (TPSA) is 47.7 Å². The summed E-state index contributed by atoms with van der Waals surface area (Å²) < 4.78 is 3.84. The van der Waals surface area contributed by atoms with Crippen LogP contribution in [0.25, 0.3) is 0 Å². The third-order valence-electron chi connectivity index (χ3n) is 3.10. The first-order valence-electron chi connectivity index (χ1n) is 6.59. The van der Waals surface area contributed by atoms with Crippen molar-refractivity contribution in [2.45, 2.75) is 46.3 Å². The van der Waals surface area contributed by atoms with Crippen molar-refractivity contribution in [3.63, 3.8) is 0 Å². The number of aryl methyl sites for hydroxylation is 1. The zero-order chi connectivity index (χ0) is 14.0. The van der Waals surface area contributed by atoms with Crippen molar-refractivity contribution < 1.29 is 0 Å². The van der Waals surface area contributed by atoms with Gasteiger partial charge in [0.2, 0.25) is 0 Å². The minimum Gasteiger partial charge on any atom is -0.308 e. The summed E-state index contributed by atoms with van der Waals surface area (Å²) in [5.74, 6) is 0. The Hall–Kier alpha value is -1.62. The summed E-state index contributed by atoms with van der Waals surface area (Å²) in [5.41, 5.74) is 3.75. The van der Waals surface area contributed by atoms with E-state index in [1.54, 1.807) is 0 Å². The first-order chi connectivity index (χ1) is 8.85. The van der Waals surface area contributed by atoms with Crippen LogP contribution in [0.5, 0.6) is 0 Å². The van der Waals surface area contributed by atoms with E-state index >= 15 is 0 Å². The van der Waals surface area contributed by atoms with E-state index < -0.39 is 0 Å². The average molecular weight is 261 g/mol. The van der Waals surface area contributed by atoms with Crippen LogP contribution in [-0.4, -0.2) is 25.1 Å². The molecule has 0 aliphatic heterocycles. The maximum atomic E-state index is 4.46. The lowest BCUT2D eigenvalue weighted by molar-refractivity contribution is 0.423. The molecule has 0 unspecified atom stereocenters.